The summed E-state index contributed by atoms with van der Waals surface area (Å²) in [5, 5.41) is 0. The van der Waals surface area contributed by atoms with Crippen molar-refractivity contribution in [1.29, 1.82) is 0 Å². The van der Waals surface area contributed by atoms with Gasteiger partial charge in [-0.05, 0) is 37.1 Å². The number of nitrogens with zero attached hydrogens (tertiary/aromatic N) is 1. The quantitative estimate of drug-likeness (QED) is 0.403. The first-order chi connectivity index (χ1) is 15.2. The van der Waals surface area contributed by atoms with E-state index < -0.39 is 39.8 Å². The van der Waals surface area contributed by atoms with Crippen LogP contribution in [0.2, 0.25) is 0 Å². The second-order valence-corrected chi connectivity index (χ2v) is 9.87. The van der Waals surface area contributed by atoms with E-state index in [1.54, 1.807) is 68.4 Å². The van der Waals surface area contributed by atoms with Gasteiger partial charge in [0.2, 0.25) is 10.0 Å². The van der Waals surface area contributed by atoms with E-state index in [1.165, 1.54) is 0 Å². The summed E-state index contributed by atoms with van der Waals surface area (Å²) >= 11 is 3.35. The second kappa shape index (κ2) is 9.70. The molecule has 1 fully saturated rings. The van der Waals surface area contributed by atoms with Gasteiger partial charge >= 0.3 is 11.9 Å². The van der Waals surface area contributed by atoms with Crippen LogP contribution in [0.15, 0.2) is 59.1 Å². The van der Waals surface area contributed by atoms with Gasteiger partial charge in [0.25, 0.3) is 5.54 Å². The standard InChI is InChI=1S/C22H24BrNO7S/c1-4-29-20(25)22(21(26)30-5-2)18(15-11-13-17(23)14-12-15)31-19(24(22)32(3,27)28)16-9-7-6-8-10-16/h6-14,18-19H,4-5H2,1-3H3/t18-,19+/m0/s1. The Morgan fingerprint density at radius 1 is 0.969 bits per heavy atom. The van der Waals surface area contributed by atoms with Crippen molar-refractivity contribution in [2.75, 3.05) is 19.5 Å². The van der Waals surface area contributed by atoms with Crippen LogP contribution >= 0.6 is 15.9 Å². The Bertz CT molecular complexity index is 1060. The molecule has 10 heteroatoms. The van der Waals surface area contributed by atoms with Crippen molar-refractivity contribution in [3.8, 4) is 0 Å². The van der Waals surface area contributed by atoms with Gasteiger partial charge < -0.3 is 14.2 Å². The number of hydrogen-bond donors (Lipinski definition) is 0. The van der Waals surface area contributed by atoms with Crippen LogP contribution in [0.1, 0.15) is 37.3 Å². The first-order valence-corrected chi connectivity index (χ1v) is 12.6. The molecule has 2 aromatic carbocycles. The number of halogens is 1. The van der Waals surface area contributed by atoms with E-state index in [-0.39, 0.29) is 13.2 Å². The fourth-order valence-corrected chi connectivity index (χ4v) is 5.32. The van der Waals surface area contributed by atoms with Gasteiger partial charge in [-0.25, -0.2) is 18.0 Å². The van der Waals surface area contributed by atoms with E-state index in [1.807, 2.05) is 0 Å². The summed E-state index contributed by atoms with van der Waals surface area (Å²) in [6, 6.07) is 15.2. The monoisotopic (exact) mass is 525 g/mol. The van der Waals surface area contributed by atoms with Gasteiger partial charge in [0, 0.05) is 4.47 Å². The Morgan fingerprint density at radius 3 is 1.97 bits per heavy atom. The summed E-state index contributed by atoms with van der Waals surface area (Å²) in [6.45, 7) is 3.00. The predicted molar refractivity (Wildman–Crippen MR) is 120 cm³/mol. The molecule has 32 heavy (non-hydrogen) atoms. The van der Waals surface area contributed by atoms with Crippen molar-refractivity contribution < 1.29 is 32.2 Å². The molecule has 0 spiro atoms. The molecule has 2 aromatic rings. The third kappa shape index (κ3) is 4.32. The van der Waals surface area contributed by atoms with Crippen LogP contribution in [-0.4, -0.2) is 49.7 Å². The molecule has 0 saturated carbocycles. The largest absolute Gasteiger partial charge is 0.464 e. The first-order valence-electron chi connectivity index (χ1n) is 9.97. The SMILES string of the molecule is CCOC(=O)C1(C(=O)OCC)[C@H](c2ccc(Br)cc2)O[C@H](c2ccccc2)N1S(C)(=O)=O. The molecule has 1 saturated heterocycles. The van der Waals surface area contributed by atoms with Gasteiger partial charge in [0.1, 0.15) is 6.10 Å². The van der Waals surface area contributed by atoms with E-state index >= 15 is 0 Å². The number of esters is 2. The molecule has 0 radical (unpaired) electrons. The highest BCUT2D eigenvalue weighted by Crippen LogP contribution is 2.52. The smallest absolute Gasteiger partial charge is 0.342 e. The zero-order valence-corrected chi connectivity index (χ0v) is 20.3. The molecule has 0 N–H and O–H groups in total. The number of hydrogen-bond acceptors (Lipinski definition) is 7. The number of benzene rings is 2. The first kappa shape index (κ1) is 24.4. The number of rotatable bonds is 7. The van der Waals surface area contributed by atoms with Crippen LogP contribution in [0.5, 0.6) is 0 Å². The number of carbonyl (C=O) groups is 2. The molecule has 0 amide bonds. The minimum Gasteiger partial charge on any atom is -0.464 e. The van der Waals surface area contributed by atoms with Crippen molar-refractivity contribution in [3.05, 3.63) is 70.2 Å². The molecule has 8 nitrogen and oxygen atoms in total. The Labute approximate surface area is 195 Å². The van der Waals surface area contributed by atoms with Crippen LogP contribution < -0.4 is 0 Å². The average Bonchev–Trinajstić information content (AvgIpc) is 3.13. The topological polar surface area (TPSA) is 99.2 Å². The van der Waals surface area contributed by atoms with Crippen LogP contribution in [0.4, 0.5) is 0 Å². The lowest BCUT2D eigenvalue weighted by molar-refractivity contribution is -0.172. The van der Waals surface area contributed by atoms with E-state index in [0.29, 0.717) is 11.1 Å². The van der Waals surface area contributed by atoms with Crippen LogP contribution in [0.25, 0.3) is 0 Å². The van der Waals surface area contributed by atoms with Gasteiger partial charge in [0.05, 0.1) is 19.5 Å². The van der Waals surface area contributed by atoms with Crippen molar-refractivity contribution in [1.82, 2.24) is 4.31 Å². The van der Waals surface area contributed by atoms with Gasteiger partial charge in [-0.3, -0.25) is 0 Å². The lowest BCUT2D eigenvalue weighted by Crippen LogP contribution is -2.62. The summed E-state index contributed by atoms with van der Waals surface area (Å²) in [6.07, 6.45) is -1.65. The summed E-state index contributed by atoms with van der Waals surface area (Å²) in [4.78, 5) is 26.9. The Hall–Kier alpha value is -2.27. The summed E-state index contributed by atoms with van der Waals surface area (Å²) in [5.41, 5.74) is -1.54. The Kier molecular flexibility index (Phi) is 7.39. The normalized spacial score (nSPS) is 20.6. The molecule has 3 rings (SSSR count). The van der Waals surface area contributed by atoms with Gasteiger partial charge in [-0.2, -0.15) is 0 Å². The molecule has 172 valence electrons. The second-order valence-electron chi connectivity index (χ2n) is 7.10. The molecular formula is C22H24BrNO7S. The lowest BCUT2D eigenvalue weighted by atomic mass is 9.88. The van der Waals surface area contributed by atoms with Crippen molar-refractivity contribution in [2.45, 2.75) is 31.7 Å². The number of sulfonamides is 1. The maximum Gasteiger partial charge on any atom is 0.342 e. The zero-order chi connectivity index (χ0) is 23.5. The lowest BCUT2D eigenvalue weighted by Gasteiger charge is -2.35. The van der Waals surface area contributed by atoms with Crippen LogP contribution in [0.3, 0.4) is 0 Å². The molecule has 0 bridgehead atoms. The van der Waals surface area contributed by atoms with Crippen molar-refractivity contribution >= 4 is 37.9 Å². The summed E-state index contributed by atoms with van der Waals surface area (Å²) < 4.78 is 44.4. The molecule has 1 aliphatic heterocycles. The van der Waals surface area contributed by atoms with E-state index in [2.05, 4.69) is 15.9 Å². The maximum absolute atomic E-state index is 13.4. The molecule has 2 atom stereocenters. The molecule has 1 heterocycles. The van der Waals surface area contributed by atoms with Gasteiger partial charge in [-0.15, -0.1) is 4.31 Å². The third-order valence-corrected chi connectivity index (χ3v) is 6.72. The van der Waals surface area contributed by atoms with E-state index in [9.17, 15) is 18.0 Å². The highest BCUT2D eigenvalue weighted by Gasteiger charge is 2.70. The predicted octanol–water partition coefficient (Wildman–Crippen LogP) is 3.35. The van der Waals surface area contributed by atoms with Crippen LogP contribution in [-0.2, 0) is 33.8 Å². The van der Waals surface area contributed by atoms with E-state index in [0.717, 1.165) is 15.0 Å². The molecule has 0 aromatic heterocycles. The Balaban J connectivity index is 2.35. The van der Waals surface area contributed by atoms with Crippen molar-refractivity contribution in [2.24, 2.45) is 0 Å². The fourth-order valence-electron chi connectivity index (χ4n) is 3.77. The fraction of sp³-hybridized carbons (Fsp3) is 0.364. The van der Waals surface area contributed by atoms with Gasteiger partial charge in [0.15, 0.2) is 6.23 Å². The molecule has 0 unspecified atom stereocenters. The van der Waals surface area contributed by atoms with Gasteiger partial charge in [-0.1, -0.05) is 58.4 Å². The number of carbonyl (C=O) groups excluding carboxylic acids is 2. The third-order valence-electron chi connectivity index (χ3n) is 4.99. The molecule has 1 aliphatic rings. The van der Waals surface area contributed by atoms with Crippen molar-refractivity contribution in [3.63, 3.8) is 0 Å². The van der Waals surface area contributed by atoms with E-state index in [4.69, 9.17) is 14.2 Å². The molecular weight excluding hydrogens is 502 g/mol. The summed E-state index contributed by atoms with van der Waals surface area (Å²) in [7, 11) is -4.19. The maximum atomic E-state index is 13.4. The highest BCUT2D eigenvalue weighted by molar-refractivity contribution is 9.10. The molecule has 0 aliphatic carbocycles. The number of ether oxygens (including phenoxy) is 3. The minimum atomic E-state index is -4.19. The average molecular weight is 526 g/mol. The Morgan fingerprint density at radius 2 is 1.50 bits per heavy atom. The summed E-state index contributed by atoms with van der Waals surface area (Å²) in [5.74, 6) is -2.12. The minimum absolute atomic E-state index is 0.0688. The zero-order valence-electron chi connectivity index (χ0n) is 17.9. The van der Waals surface area contributed by atoms with Crippen LogP contribution in [0, 0.1) is 0 Å². The highest BCUT2D eigenvalue weighted by atomic mass is 79.9.